The molecule has 1 heterocycles. The Labute approximate surface area is 99.6 Å². The number of halogens is 1. The van der Waals surface area contributed by atoms with Gasteiger partial charge in [-0.2, -0.15) is 0 Å². The second kappa shape index (κ2) is 7.71. The maximum absolute atomic E-state index is 11.5. The van der Waals surface area contributed by atoms with Crippen LogP contribution in [0, 0.1) is 0 Å². The Hall–Kier alpha value is -0.540. The van der Waals surface area contributed by atoms with Crippen molar-refractivity contribution >= 4 is 28.8 Å². The van der Waals surface area contributed by atoms with Crippen molar-refractivity contribution in [1.82, 2.24) is 5.32 Å². The first-order chi connectivity index (χ1) is 7.34. The van der Waals surface area contributed by atoms with Gasteiger partial charge in [-0.1, -0.05) is 18.9 Å². The van der Waals surface area contributed by atoms with Crippen LogP contribution in [-0.4, -0.2) is 18.3 Å². The molecule has 0 saturated carbocycles. The number of amides is 1. The van der Waals surface area contributed by atoms with E-state index in [1.807, 2.05) is 17.5 Å². The van der Waals surface area contributed by atoms with E-state index in [1.54, 1.807) is 0 Å². The van der Waals surface area contributed by atoms with Gasteiger partial charge in [-0.15, -0.1) is 22.9 Å². The normalized spacial score (nSPS) is 10.2. The molecule has 0 spiro atoms. The van der Waals surface area contributed by atoms with Crippen LogP contribution in [0.4, 0.5) is 0 Å². The Balaban J connectivity index is 2.03. The molecule has 0 aliphatic rings. The molecule has 4 heteroatoms. The van der Waals surface area contributed by atoms with Gasteiger partial charge >= 0.3 is 0 Å². The van der Waals surface area contributed by atoms with Crippen LogP contribution in [-0.2, 0) is 0 Å². The van der Waals surface area contributed by atoms with Crippen molar-refractivity contribution in [3.63, 3.8) is 0 Å². The lowest BCUT2D eigenvalue weighted by Crippen LogP contribution is -2.23. The lowest BCUT2D eigenvalue weighted by Gasteiger charge is -2.02. The quantitative estimate of drug-likeness (QED) is 0.580. The molecule has 0 unspecified atom stereocenters. The molecule has 1 N–H and O–H groups in total. The summed E-state index contributed by atoms with van der Waals surface area (Å²) in [6, 6.07) is 3.73. The van der Waals surface area contributed by atoms with Gasteiger partial charge in [-0.25, -0.2) is 0 Å². The second-order valence-electron chi connectivity index (χ2n) is 3.34. The Bertz CT molecular complexity index is 274. The summed E-state index contributed by atoms with van der Waals surface area (Å²) >= 11 is 7.04. The highest BCUT2D eigenvalue weighted by Crippen LogP contribution is 2.07. The predicted molar refractivity (Wildman–Crippen MR) is 65.8 cm³/mol. The highest BCUT2D eigenvalue weighted by Gasteiger charge is 2.04. The van der Waals surface area contributed by atoms with Crippen molar-refractivity contribution in [2.75, 3.05) is 12.4 Å². The van der Waals surface area contributed by atoms with Gasteiger partial charge in [0.05, 0.1) is 4.88 Å². The predicted octanol–water partition coefficient (Wildman–Crippen LogP) is 3.28. The van der Waals surface area contributed by atoms with Crippen LogP contribution >= 0.6 is 22.9 Å². The highest BCUT2D eigenvalue weighted by molar-refractivity contribution is 7.12. The molecule has 84 valence electrons. The van der Waals surface area contributed by atoms with Crippen LogP contribution in [0.3, 0.4) is 0 Å². The van der Waals surface area contributed by atoms with E-state index in [9.17, 15) is 4.79 Å². The second-order valence-corrected chi connectivity index (χ2v) is 4.66. The minimum atomic E-state index is 0.0438. The molecule has 15 heavy (non-hydrogen) atoms. The zero-order valence-corrected chi connectivity index (χ0v) is 10.2. The van der Waals surface area contributed by atoms with Crippen molar-refractivity contribution in [3.05, 3.63) is 22.4 Å². The monoisotopic (exact) mass is 245 g/mol. The van der Waals surface area contributed by atoms with Crippen LogP contribution in [0.25, 0.3) is 0 Å². The van der Waals surface area contributed by atoms with Gasteiger partial charge in [0.2, 0.25) is 0 Å². The summed E-state index contributed by atoms with van der Waals surface area (Å²) < 4.78 is 0. The minimum Gasteiger partial charge on any atom is -0.351 e. The zero-order chi connectivity index (χ0) is 10.9. The SMILES string of the molecule is O=C(NCCCCCCCl)c1cccs1. The zero-order valence-electron chi connectivity index (χ0n) is 8.67. The lowest BCUT2D eigenvalue weighted by molar-refractivity contribution is 0.0957. The van der Waals surface area contributed by atoms with E-state index in [4.69, 9.17) is 11.6 Å². The molecule has 0 aliphatic carbocycles. The number of hydrogen-bond acceptors (Lipinski definition) is 2. The first-order valence-electron chi connectivity index (χ1n) is 5.22. The minimum absolute atomic E-state index is 0.0438. The molecular weight excluding hydrogens is 230 g/mol. The van der Waals surface area contributed by atoms with Crippen LogP contribution in [0.5, 0.6) is 0 Å². The summed E-state index contributed by atoms with van der Waals surface area (Å²) in [4.78, 5) is 12.3. The first-order valence-corrected chi connectivity index (χ1v) is 6.63. The molecule has 2 nitrogen and oxygen atoms in total. The fourth-order valence-corrected chi connectivity index (χ4v) is 2.10. The number of rotatable bonds is 7. The molecule has 1 aromatic heterocycles. The van der Waals surface area contributed by atoms with Crippen molar-refractivity contribution < 1.29 is 4.79 Å². The van der Waals surface area contributed by atoms with Gasteiger partial charge in [0.25, 0.3) is 5.91 Å². The van der Waals surface area contributed by atoms with E-state index in [2.05, 4.69) is 5.32 Å². The van der Waals surface area contributed by atoms with Gasteiger partial charge in [-0.3, -0.25) is 4.79 Å². The summed E-state index contributed by atoms with van der Waals surface area (Å²) in [5.74, 6) is 0.781. The molecule has 0 atom stereocenters. The van der Waals surface area contributed by atoms with Crippen molar-refractivity contribution in [1.29, 1.82) is 0 Å². The van der Waals surface area contributed by atoms with E-state index in [0.29, 0.717) is 0 Å². The fourth-order valence-electron chi connectivity index (χ4n) is 1.27. The summed E-state index contributed by atoms with van der Waals surface area (Å²) in [6.45, 7) is 0.763. The van der Waals surface area contributed by atoms with E-state index < -0.39 is 0 Å². The number of carbonyl (C=O) groups excluding carboxylic acids is 1. The smallest absolute Gasteiger partial charge is 0.261 e. The molecule has 0 aliphatic heterocycles. The molecule has 1 amide bonds. The van der Waals surface area contributed by atoms with Crippen LogP contribution in [0.1, 0.15) is 35.4 Å². The third-order valence-corrected chi connectivity index (χ3v) is 3.23. The first kappa shape index (κ1) is 12.5. The number of alkyl halides is 1. The van der Waals surface area contributed by atoms with E-state index >= 15 is 0 Å². The number of unbranched alkanes of at least 4 members (excludes halogenated alkanes) is 3. The number of thiophene rings is 1. The van der Waals surface area contributed by atoms with Gasteiger partial charge < -0.3 is 5.32 Å². The third kappa shape index (κ3) is 5.19. The largest absolute Gasteiger partial charge is 0.351 e. The molecule has 0 fully saturated rings. The van der Waals surface area contributed by atoms with Crippen molar-refractivity contribution in [2.45, 2.75) is 25.7 Å². The molecule has 0 aromatic carbocycles. The average molecular weight is 246 g/mol. The molecule has 0 saturated heterocycles. The number of carbonyl (C=O) groups is 1. The molecular formula is C11H16ClNOS. The topological polar surface area (TPSA) is 29.1 Å². The molecule has 1 rings (SSSR count). The summed E-state index contributed by atoms with van der Waals surface area (Å²) in [6.07, 6.45) is 4.39. The van der Waals surface area contributed by atoms with Gasteiger partial charge in [0, 0.05) is 12.4 Å². The van der Waals surface area contributed by atoms with Crippen molar-refractivity contribution in [3.8, 4) is 0 Å². The van der Waals surface area contributed by atoms with Gasteiger partial charge in [-0.05, 0) is 24.3 Å². The van der Waals surface area contributed by atoms with E-state index in [0.717, 1.165) is 43.0 Å². The average Bonchev–Trinajstić information content (AvgIpc) is 2.76. The standard InChI is InChI=1S/C11H16ClNOS/c12-7-3-1-2-4-8-13-11(14)10-6-5-9-15-10/h5-6,9H,1-4,7-8H2,(H,13,14). The Morgan fingerprint density at radius 3 is 2.80 bits per heavy atom. The maximum atomic E-state index is 11.5. The fraction of sp³-hybridized carbons (Fsp3) is 0.545. The van der Waals surface area contributed by atoms with Crippen molar-refractivity contribution in [2.24, 2.45) is 0 Å². The molecule has 0 bridgehead atoms. The summed E-state index contributed by atoms with van der Waals surface area (Å²) in [7, 11) is 0. The molecule has 1 aromatic rings. The van der Waals surface area contributed by atoms with E-state index in [1.165, 1.54) is 11.3 Å². The number of nitrogens with one attached hydrogen (secondary N) is 1. The van der Waals surface area contributed by atoms with Crippen LogP contribution < -0.4 is 5.32 Å². The Kier molecular flexibility index (Phi) is 6.44. The van der Waals surface area contributed by atoms with E-state index in [-0.39, 0.29) is 5.91 Å². The Morgan fingerprint density at radius 1 is 1.33 bits per heavy atom. The van der Waals surface area contributed by atoms with Crippen LogP contribution in [0.15, 0.2) is 17.5 Å². The Morgan fingerprint density at radius 2 is 2.13 bits per heavy atom. The lowest BCUT2D eigenvalue weighted by atomic mass is 10.2. The van der Waals surface area contributed by atoms with Gasteiger partial charge in [0.1, 0.15) is 0 Å². The number of hydrogen-bond donors (Lipinski definition) is 1. The highest BCUT2D eigenvalue weighted by atomic mass is 35.5. The maximum Gasteiger partial charge on any atom is 0.261 e. The summed E-state index contributed by atoms with van der Waals surface area (Å²) in [5, 5.41) is 4.81. The van der Waals surface area contributed by atoms with Gasteiger partial charge in [0.15, 0.2) is 0 Å². The summed E-state index contributed by atoms with van der Waals surface area (Å²) in [5.41, 5.74) is 0. The molecule has 0 radical (unpaired) electrons. The van der Waals surface area contributed by atoms with Crippen LogP contribution in [0.2, 0.25) is 0 Å². The third-order valence-electron chi connectivity index (χ3n) is 2.09.